The van der Waals surface area contributed by atoms with Gasteiger partial charge in [-0.25, -0.2) is 0 Å². The van der Waals surface area contributed by atoms with E-state index in [9.17, 15) is 9.90 Å². The van der Waals surface area contributed by atoms with Crippen molar-refractivity contribution in [2.45, 2.75) is 31.3 Å². The highest BCUT2D eigenvalue weighted by atomic mass is 79.9. The molecule has 1 aliphatic heterocycles. The van der Waals surface area contributed by atoms with Gasteiger partial charge in [0.25, 0.3) is 0 Å². The fourth-order valence-corrected chi connectivity index (χ4v) is 4.69. The minimum atomic E-state index is -0.731. The molecule has 0 bridgehead atoms. The number of rotatable bonds is 5. The Morgan fingerprint density at radius 1 is 0.897 bits per heavy atom. The van der Waals surface area contributed by atoms with E-state index in [0.29, 0.717) is 6.42 Å². The van der Waals surface area contributed by atoms with Crippen LogP contribution in [0, 0.1) is 0 Å². The molecule has 1 fully saturated rings. The highest BCUT2D eigenvalue weighted by molar-refractivity contribution is 9.10. The molecular weight excluding hydrogens is 426 g/mol. The molecule has 3 aromatic rings. The average Bonchev–Trinajstić information content (AvgIpc) is 2.75. The summed E-state index contributed by atoms with van der Waals surface area (Å²) in [6, 6.07) is 26.5. The van der Waals surface area contributed by atoms with Crippen LogP contribution >= 0.6 is 15.9 Å². The minimum absolute atomic E-state index is 0.0845. The Morgan fingerprint density at radius 2 is 1.62 bits per heavy atom. The van der Waals surface area contributed by atoms with Crippen LogP contribution in [0.1, 0.15) is 36.4 Å². The maximum Gasteiger partial charge on any atom is 0.320 e. The second kappa shape index (κ2) is 8.93. The largest absolute Gasteiger partial charge is 0.480 e. The van der Waals surface area contributed by atoms with Crippen molar-refractivity contribution in [1.82, 2.24) is 4.90 Å². The van der Waals surface area contributed by atoms with Crippen LogP contribution in [-0.4, -0.2) is 28.6 Å². The van der Waals surface area contributed by atoms with Gasteiger partial charge < -0.3 is 5.11 Å². The molecule has 148 valence electrons. The van der Waals surface area contributed by atoms with Gasteiger partial charge in [-0.3, -0.25) is 9.69 Å². The molecule has 1 N–H and O–H groups in total. The zero-order valence-corrected chi connectivity index (χ0v) is 17.8. The molecule has 0 aromatic heterocycles. The van der Waals surface area contributed by atoms with Crippen LogP contribution in [0.3, 0.4) is 0 Å². The molecule has 2 atom stereocenters. The van der Waals surface area contributed by atoms with Gasteiger partial charge in [-0.15, -0.1) is 0 Å². The van der Waals surface area contributed by atoms with Crippen LogP contribution < -0.4 is 0 Å². The number of halogens is 1. The van der Waals surface area contributed by atoms with Gasteiger partial charge in [0.05, 0.1) is 6.04 Å². The molecule has 1 heterocycles. The van der Waals surface area contributed by atoms with E-state index in [1.807, 2.05) is 30.3 Å². The number of hydrogen-bond donors (Lipinski definition) is 1. The number of piperidine rings is 1. The van der Waals surface area contributed by atoms with Gasteiger partial charge in [0.2, 0.25) is 0 Å². The molecular formula is C25H24BrNO2. The van der Waals surface area contributed by atoms with E-state index in [2.05, 4.69) is 69.4 Å². The first-order valence-corrected chi connectivity index (χ1v) is 10.8. The van der Waals surface area contributed by atoms with Crippen molar-refractivity contribution in [2.24, 2.45) is 0 Å². The van der Waals surface area contributed by atoms with Crippen molar-refractivity contribution in [1.29, 1.82) is 0 Å². The second-order valence-corrected chi connectivity index (χ2v) is 8.45. The van der Waals surface area contributed by atoms with Gasteiger partial charge in [0.1, 0.15) is 6.04 Å². The Labute approximate surface area is 180 Å². The number of carboxylic acids is 1. The van der Waals surface area contributed by atoms with E-state index < -0.39 is 12.0 Å². The van der Waals surface area contributed by atoms with Crippen molar-refractivity contribution < 1.29 is 9.90 Å². The highest BCUT2D eigenvalue weighted by Crippen LogP contribution is 2.36. The topological polar surface area (TPSA) is 40.5 Å². The monoisotopic (exact) mass is 449 g/mol. The lowest BCUT2D eigenvalue weighted by atomic mass is 9.91. The van der Waals surface area contributed by atoms with E-state index in [-0.39, 0.29) is 6.04 Å². The van der Waals surface area contributed by atoms with Crippen LogP contribution in [0.4, 0.5) is 0 Å². The summed E-state index contributed by atoms with van der Waals surface area (Å²) in [5.74, 6) is -0.731. The lowest BCUT2D eigenvalue weighted by Crippen LogP contribution is -2.46. The molecule has 0 amide bonds. The summed E-state index contributed by atoms with van der Waals surface area (Å²) in [5.41, 5.74) is 4.58. The lowest BCUT2D eigenvalue weighted by Gasteiger charge is -2.39. The van der Waals surface area contributed by atoms with Gasteiger partial charge in [0, 0.05) is 4.47 Å². The summed E-state index contributed by atoms with van der Waals surface area (Å²) in [6.07, 6.45) is 2.68. The number of nitrogens with zero attached hydrogens (tertiary/aromatic N) is 1. The predicted octanol–water partition coefficient (Wildman–Crippen LogP) is 6.14. The van der Waals surface area contributed by atoms with E-state index in [0.717, 1.165) is 40.5 Å². The predicted molar refractivity (Wildman–Crippen MR) is 120 cm³/mol. The fraction of sp³-hybridized carbons (Fsp3) is 0.240. The van der Waals surface area contributed by atoms with Crippen LogP contribution in [0.25, 0.3) is 11.1 Å². The van der Waals surface area contributed by atoms with Gasteiger partial charge in [0.15, 0.2) is 0 Å². The number of benzene rings is 3. The summed E-state index contributed by atoms with van der Waals surface area (Å²) in [6.45, 7) is 0.786. The van der Waals surface area contributed by atoms with Crippen molar-refractivity contribution in [3.8, 4) is 11.1 Å². The van der Waals surface area contributed by atoms with Crippen LogP contribution in [0.5, 0.6) is 0 Å². The van der Waals surface area contributed by atoms with Crippen LogP contribution in [-0.2, 0) is 4.79 Å². The Bertz CT molecular complexity index is 972. The Morgan fingerprint density at radius 3 is 2.31 bits per heavy atom. The molecule has 3 aromatic carbocycles. The average molecular weight is 450 g/mol. The third-order valence-corrected chi connectivity index (χ3v) is 6.15. The molecule has 4 rings (SSSR count). The van der Waals surface area contributed by atoms with Crippen molar-refractivity contribution in [3.05, 3.63) is 94.5 Å². The number of carbonyl (C=O) groups is 1. The summed E-state index contributed by atoms with van der Waals surface area (Å²) in [4.78, 5) is 14.1. The number of likely N-dealkylation sites (tertiary alicyclic amines) is 1. The van der Waals surface area contributed by atoms with E-state index in [1.54, 1.807) is 0 Å². The molecule has 1 aliphatic rings. The molecule has 29 heavy (non-hydrogen) atoms. The van der Waals surface area contributed by atoms with Gasteiger partial charge in [-0.1, -0.05) is 89.1 Å². The zero-order valence-electron chi connectivity index (χ0n) is 16.2. The summed E-state index contributed by atoms with van der Waals surface area (Å²) in [7, 11) is 0. The number of carboxylic acid groups (broad SMARTS) is 1. The molecule has 0 aliphatic carbocycles. The smallest absolute Gasteiger partial charge is 0.320 e. The molecule has 0 saturated carbocycles. The minimum Gasteiger partial charge on any atom is -0.480 e. The molecule has 0 spiro atoms. The summed E-state index contributed by atoms with van der Waals surface area (Å²) in [5, 5.41) is 9.85. The highest BCUT2D eigenvalue weighted by Gasteiger charge is 2.35. The number of aliphatic carboxylic acids is 1. The third-order valence-electron chi connectivity index (χ3n) is 5.66. The van der Waals surface area contributed by atoms with Crippen molar-refractivity contribution in [3.63, 3.8) is 0 Å². The molecule has 4 heteroatoms. The molecule has 2 unspecified atom stereocenters. The third kappa shape index (κ3) is 4.44. The lowest BCUT2D eigenvalue weighted by molar-refractivity contribution is -0.145. The zero-order chi connectivity index (χ0) is 20.2. The first-order valence-electron chi connectivity index (χ1n) is 10.0. The van der Waals surface area contributed by atoms with Crippen LogP contribution in [0.2, 0.25) is 0 Å². The Balaban J connectivity index is 1.75. The molecule has 1 saturated heterocycles. The maximum atomic E-state index is 12.0. The normalized spacial score (nSPS) is 18.3. The van der Waals surface area contributed by atoms with E-state index in [1.165, 1.54) is 5.56 Å². The summed E-state index contributed by atoms with van der Waals surface area (Å²) < 4.78 is 1.00. The molecule has 0 radical (unpaired) electrons. The fourth-order valence-electron chi connectivity index (χ4n) is 4.27. The summed E-state index contributed by atoms with van der Waals surface area (Å²) >= 11 is 3.58. The molecule has 3 nitrogen and oxygen atoms in total. The maximum absolute atomic E-state index is 12.0. The SMILES string of the molecule is O=C(O)C1CCCCN1C(c1ccc(-c2ccccc2)cc1)c1cccc(Br)c1. The number of hydrogen-bond acceptors (Lipinski definition) is 2. The first-order chi connectivity index (χ1) is 14.1. The van der Waals surface area contributed by atoms with E-state index in [4.69, 9.17) is 0 Å². The van der Waals surface area contributed by atoms with Crippen molar-refractivity contribution in [2.75, 3.05) is 6.54 Å². The van der Waals surface area contributed by atoms with Gasteiger partial charge >= 0.3 is 5.97 Å². The Hall–Kier alpha value is -2.43. The second-order valence-electron chi connectivity index (χ2n) is 7.53. The van der Waals surface area contributed by atoms with E-state index >= 15 is 0 Å². The Kier molecular flexibility index (Phi) is 6.12. The first kappa shape index (κ1) is 19.9. The quantitative estimate of drug-likeness (QED) is 0.507. The van der Waals surface area contributed by atoms with Crippen molar-refractivity contribution >= 4 is 21.9 Å². The van der Waals surface area contributed by atoms with Crippen LogP contribution in [0.15, 0.2) is 83.3 Å². The van der Waals surface area contributed by atoms with Gasteiger partial charge in [-0.05, 0) is 53.8 Å². The van der Waals surface area contributed by atoms with Gasteiger partial charge in [-0.2, -0.15) is 0 Å². The standard InChI is InChI=1S/C25H24BrNO2/c26-22-10-6-9-21(17-22)24(27-16-5-4-11-23(27)25(28)29)20-14-12-19(13-15-20)18-7-2-1-3-8-18/h1-3,6-10,12-15,17,23-24H,4-5,11,16H2,(H,28,29).